The van der Waals surface area contributed by atoms with Gasteiger partial charge in [-0.3, -0.25) is 0 Å². The third kappa shape index (κ3) is 2.60. The van der Waals surface area contributed by atoms with Gasteiger partial charge in [0.2, 0.25) is 11.7 Å². The van der Waals surface area contributed by atoms with Crippen molar-refractivity contribution in [1.82, 2.24) is 15.5 Å². The number of nitrogens with zero attached hydrogens (tertiary/aromatic N) is 2. The predicted molar refractivity (Wildman–Crippen MR) is 72.2 cm³/mol. The van der Waals surface area contributed by atoms with Crippen LogP contribution in [0, 0.1) is 5.92 Å². The molecule has 0 aromatic carbocycles. The number of hydrogen-bond donors (Lipinski definition) is 1. The minimum atomic E-state index is -0.444. The minimum absolute atomic E-state index is 0.175. The largest absolute Gasteiger partial charge is 0.381 e. The van der Waals surface area contributed by atoms with Gasteiger partial charge in [0, 0.05) is 33.2 Å². The van der Waals surface area contributed by atoms with E-state index in [4.69, 9.17) is 14.0 Å². The van der Waals surface area contributed by atoms with Gasteiger partial charge in [-0.2, -0.15) is 4.98 Å². The van der Waals surface area contributed by atoms with Crippen molar-refractivity contribution in [3.63, 3.8) is 0 Å². The number of methoxy groups -OCH3 is 1. The van der Waals surface area contributed by atoms with Crippen molar-refractivity contribution < 1.29 is 14.0 Å². The van der Waals surface area contributed by atoms with E-state index in [1.165, 1.54) is 6.42 Å². The van der Waals surface area contributed by atoms with E-state index >= 15 is 0 Å². The molecule has 0 bridgehead atoms. The molecule has 1 aromatic heterocycles. The second-order valence-electron chi connectivity index (χ2n) is 5.90. The third-order valence-electron chi connectivity index (χ3n) is 4.50. The summed E-state index contributed by atoms with van der Waals surface area (Å²) >= 11 is 0. The molecule has 1 aromatic rings. The molecule has 6 heteroatoms. The molecule has 20 heavy (non-hydrogen) atoms. The summed E-state index contributed by atoms with van der Waals surface area (Å²) in [6, 6.07) is 0.175. The van der Waals surface area contributed by atoms with E-state index in [1.54, 1.807) is 7.11 Å². The molecular formula is C14H23N3O3. The molecule has 1 N–H and O–H groups in total. The Morgan fingerprint density at radius 2 is 2.15 bits per heavy atom. The highest BCUT2D eigenvalue weighted by Crippen LogP contribution is 2.35. The Balaban J connectivity index is 1.78. The predicted octanol–water partition coefficient (Wildman–Crippen LogP) is 1.78. The molecule has 2 aliphatic heterocycles. The molecular weight excluding hydrogens is 258 g/mol. The van der Waals surface area contributed by atoms with Crippen LogP contribution in [0.4, 0.5) is 0 Å². The van der Waals surface area contributed by atoms with Gasteiger partial charge in [0.1, 0.15) is 5.60 Å². The first kappa shape index (κ1) is 14.0. The summed E-state index contributed by atoms with van der Waals surface area (Å²) in [5.74, 6) is 2.05. The van der Waals surface area contributed by atoms with Crippen molar-refractivity contribution in [3.05, 3.63) is 11.7 Å². The Labute approximate surface area is 119 Å². The van der Waals surface area contributed by atoms with E-state index in [2.05, 4.69) is 22.4 Å². The van der Waals surface area contributed by atoms with Crippen molar-refractivity contribution >= 4 is 0 Å². The summed E-state index contributed by atoms with van der Waals surface area (Å²) in [4.78, 5) is 4.61. The summed E-state index contributed by atoms with van der Waals surface area (Å²) in [6.07, 6.45) is 3.80. The smallest absolute Gasteiger partial charge is 0.243 e. The second kappa shape index (κ2) is 5.79. The molecule has 2 atom stereocenters. The van der Waals surface area contributed by atoms with Crippen molar-refractivity contribution in [2.45, 2.75) is 44.2 Å². The van der Waals surface area contributed by atoms with E-state index in [0.717, 1.165) is 25.8 Å². The zero-order valence-corrected chi connectivity index (χ0v) is 12.2. The molecule has 2 aliphatic rings. The fourth-order valence-electron chi connectivity index (χ4n) is 3.08. The summed E-state index contributed by atoms with van der Waals surface area (Å²) in [5.41, 5.74) is -0.444. The summed E-state index contributed by atoms with van der Waals surface area (Å²) in [5, 5.41) is 7.63. The number of rotatable bonds is 3. The average molecular weight is 281 g/mol. The molecule has 2 fully saturated rings. The standard InChI is InChI=1S/C14H23N3O3/c1-10-3-6-15-11(9-10)12-16-13(17-20-12)14(18-2)4-7-19-8-5-14/h10-11,15H,3-9H2,1-2H3. The van der Waals surface area contributed by atoms with Gasteiger partial charge in [-0.1, -0.05) is 12.1 Å². The van der Waals surface area contributed by atoms with Gasteiger partial charge in [0.15, 0.2) is 0 Å². The lowest BCUT2D eigenvalue weighted by Crippen LogP contribution is -2.37. The monoisotopic (exact) mass is 281 g/mol. The van der Waals surface area contributed by atoms with Gasteiger partial charge >= 0.3 is 0 Å². The van der Waals surface area contributed by atoms with Crippen LogP contribution in [0.1, 0.15) is 50.4 Å². The van der Waals surface area contributed by atoms with Crippen LogP contribution < -0.4 is 5.32 Å². The summed E-state index contributed by atoms with van der Waals surface area (Å²) in [7, 11) is 1.71. The van der Waals surface area contributed by atoms with E-state index in [9.17, 15) is 0 Å². The van der Waals surface area contributed by atoms with E-state index < -0.39 is 5.60 Å². The number of ether oxygens (including phenoxy) is 2. The van der Waals surface area contributed by atoms with Crippen LogP contribution in [0.15, 0.2) is 4.52 Å². The van der Waals surface area contributed by atoms with Crippen LogP contribution in [-0.4, -0.2) is 37.0 Å². The molecule has 2 saturated heterocycles. The fourth-order valence-corrected chi connectivity index (χ4v) is 3.08. The molecule has 112 valence electrons. The topological polar surface area (TPSA) is 69.4 Å². The van der Waals surface area contributed by atoms with Gasteiger partial charge in [-0.15, -0.1) is 0 Å². The van der Waals surface area contributed by atoms with Crippen LogP contribution >= 0.6 is 0 Å². The van der Waals surface area contributed by atoms with Crippen molar-refractivity contribution in [2.24, 2.45) is 5.92 Å². The molecule has 0 amide bonds. The van der Waals surface area contributed by atoms with Gasteiger partial charge in [-0.25, -0.2) is 0 Å². The highest BCUT2D eigenvalue weighted by molar-refractivity contribution is 5.05. The van der Waals surface area contributed by atoms with Crippen LogP contribution in [0.25, 0.3) is 0 Å². The molecule has 0 saturated carbocycles. The Bertz CT molecular complexity index is 443. The molecule has 2 unspecified atom stereocenters. The van der Waals surface area contributed by atoms with Gasteiger partial charge < -0.3 is 19.3 Å². The Hall–Kier alpha value is -0.980. The van der Waals surface area contributed by atoms with Crippen LogP contribution in [0.5, 0.6) is 0 Å². The van der Waals surface area contributed by atoms with Crippen LogP contribution in [0.2, 0.25) is 0 Å². The average Bonchev–Trinajstić information content (AvgIpc) is 2.98. The van der Waals surface area contributed by atoms with Gasteiger partial charge in [0.05, 0.1) is 6.04 Å². The first-order valence-corrected chi connectivity index (χ1v) is 7.44. The molecule has 3 rings (SSSR count). The zero-order chi connectivity index (χ0) is 14.0. The minimum Gasteiger partial charge on any atom is -0.381 e. The fraction of sp³-hybridized carbons (Fsp3) is 0.857. The Morgan fingerprint density at radius 1 is 1.35 bits per heavy atom. The highest BCUT2D eigenvalue weighted by atomic mass is 16.5. The number of piperidine rings is 1. The second-order valence-corrected chi connectivity index (χ2v) is 5.90. The van der Waals surface area contributed by atoms with Crippen LogP contribution in [-0.2, 0) is 15.1 Å². The van der Waals surface area contributed by atoms with Gasteiger partial charge in [-0.05, 0) is 25.3 Å². The molecule has 6 nitrogen and oxygen atoms in total. The maximum absolute atomic E-state index is 5.70. The molecule has 0 aliphatic carbocycles. The third-order valence-corrected chi connectivity index (χ3v) is 4.50. The lowest BCUT2D eigenvalue weighted by molar-refractivity contribution is -0.101. The first-order chi connectivity index (χ1) is 9.73. The number of nitrogens with one attached hydrogen (secondary N) is 1. The number of aromatic nitrogens is 2. The Kier molecular flexibility index (Phi) is 4.05. The van der Waals surface area contributed by atoms with E-state index in [0.29, 0.717) is 30.8 Å². The summed E-state index contributed by atoms with van der Waals surface area (Å²) < 4.78 is 16.6. The lowest BCUT2D eigenvalue weighted by Gasteiger charge is -2.32. The molecule has 0 spiro atoms. The van der Waals surface area contributed by atoms with Gasteiger partial charge in [0.25, 0.3) is 0 Å². The normalized spacial score (nSPS) is 30.3. The molecule has 3 heterocycles. The highest BCUT2D eigenvalue weighted by Gasteiger charge is 2.40. The molecule has 0 radical (unpaired) electrons. The quantitative estimate of drug-likeness (QED) is 0.911. The van der Waals surface area contributed by atoms with Crippen LogP contribution in [0.3, 0.4) is 0 Å². The SMILES string of the molecule is COC1(c2noc(C3CC(C)CCN3)n2)CCOCC1. The van der Waals surface area contributed by atoms with Crippen molar-refractivity contribution in [2.75, 3.05) is 26.9 Å². The lowest BCUT2D eigenvalue weighted by atomic mass is 9.92. The zero-order valence-electron chi connectivity index (χ0n) is 12.2. The first-order valence-electron chi connectivity index (χ1n) is 7.44. The summed E-state index contributed by atoms with van der Waals surface area (Å²) in [6.45, 7) is 4.62. The Morgan fingerprint density at radius 3 is 2.85 bits per heavy atom. The maximum Gasteiger partial charge on any atom is 0.243 e. The van der Waals surface area contributed by atoms with Crippen molar-refractivity contribution in [1.29, 1.82) is 0 Å². The maximum atomic E-state index is 5.70. The van der Waals surface area contributed by atoms with E-state index in [1.807, 2.05) is 0 Å². The van der Waals surface area contributed by atoms with Crippen molar-refractivity contribution in [3.8, 4) is 0 Å². The van der Waals surface area contributed by atoms with E-state index in [-0.39, 0.29) is 6.04 Å². The number of hydrogen-bond acceptors (Lipinski definition) is 6.